The molecule has 2 rings (SSSR count). The predicted octanol–water partition coefficient (Wildman–Crippen LogP) is 1.94. The van der Waals surface area contributed by atoms with Crippen LogP contribution in [0.1, 0.15) is 39.2 Å². The first-order valence-electron chi connectivity index (χ1n) is 8.26. The molecule has 1 aromatic carbocycles. The van der Waals surface area contributed by atoms with E-state index >= 15 is 0 Å². The molecule has 1 fully saturated rings. The van der Waals surface area contributed by atoms with Gasteiger partial charge in [0.15, 0.2) is 0 Å². The molecule has 2 N–H and O–H groups in total. The van der Waals surface area contributed by atoms with Crippen LogP contribution in [0.5, 0.6) is 5.75 Å². The van der Waals surface area contributed by atoms with Gasteiger partial charge in [0, 0.05) is 25.2 Å². The Morgan fingerprint density at radius 3 is 2.46 bits per heavy atom. The summed E-state index contributed by atoms with van der Waals surface area (Å²) in [6.45, 7) is 5.80. The zero-order valence-electron chi connectivity index (χ0n) is 15.0. The number of nitriles is 1. The van der Waals surface area contributed by atoms with Crippen LogP contribution in [0.3, 0.4) is 0 Å². The minimum Gasteiger partial charge on any atom is -0.507 e. The van der Waals surface area contributed by atoms with Crippen molar-refractivity contribution in [2.45, 2.75) is 50.2 Å². The van der Waals surface area contributed by atoms with E-state index in [0.717, 1.165) is 6.07 Å². The summed E-state index contributed by atoms with van der Waals surface area (Å²) < 4.78 is 31.9. The molecule has 0 radical (unpaired) electrons. The highest BCUT2D eigenvalue weighted by atomic mass is 32.2. The molecule has 1 saturated heterocycles. The van der Waals surface area contributed by atoms with Crippen molar-refractivity contribution in [3.8, 4) is 11.8 Å². The Bertz CT molecular complexity index is 816. The van der Waals surface area contributed by atoms with Gasteiger partial charge in [0.05, 0.1) is 10.5 Å². The summed E-state index contributed by atoms with van der Waals surface area (Å²) in [6.07, 6.45) is 0.400. The van der Waals surface area contributed by atoms with E-state index in [0.29, 0.717) is 12.8 Å². The van der Waals surface area contributed by atoms with Crippen LogP contribution in [0.15, 0.2) is 23.1 Å². The van der Waals surface area contributed by atoms with Crippen molar-refractivity contribution in [1.82, 2.24) is 9.62 Å². The Hall–Kier alpha value is -2.31. The number of nitrogens with zero attached hydrogens (tertiary/aromatic N) is 2. The maximum atomic E-state index is 12.7. The second-order valence-electron chi connectivity index (χ2n) is 7.12. The topological polar surface area (TPSA) is 120 Å². The third-order valence-corrected chi connectivity index (χ3v) is 5.80. The van der Waals surface area contributed by atoms with E-state index in [1.807, 2.05) is 0 Å². The molecule has 1 aliphatic heterocycles. The predicted molar refractivity (Wildman–Crippen MR) is 94.0 cm³/mol. The number of rotatable bonds is 3. The number of hydrogen-bond acceptors (Lipinski definition) is 6. The van der Waals surface area contributed by atoms with Crippen molar-refractivity contribution < 1.29 is 23.1 Å². The van der Waals surface area contributed by atoms with Crippen molar-refractivity contribution in [2.75, 3.05) is 13.1 Å². The molecule has 142 valence electrons. The molecule has 1 aliphatic rings. The molecule has 0 aromatic heterocycles. The fraction of sp³-hybridized carbons (Fsp3) is 0.529. The van der Waals surface area contributed by atoms with Crippen LogP contribution in [0, 0.1) is 11.3 Å². The fourth-order valence-corrected chi connectivity index (χ4v) is 4.12. The molecule has 0 atom stereocenters. The Morgan fingerprint density at radius 1 is 1.35 bits per heavy atom. The Kier molecular flexibility index (Phi) is 5.78. The number of benzene rings is 1. The maximum absolute atomic E-state index is 12.7. The second kappa shape index (κ2) is 7.51. The molecule has 0 saturated carbocycles. The number of alkyl carbamates (subject to hydrolysis) is 1. The van der Waals surface area contributed by atoms with Crippen LogP contribution in [0.25, 0.3) is 0 Å². The van der Waals surface area contributed by atoms with E-state index < -0.39 is 21.7 Å². The molecule has 1 amide bonds. The average molecular weight is 381 g/mol. The number of piperidine rings is 1. The van der Waals surface area contributed by atoms with Gasteiger partial charge in [0.1, 0.15) is 17.4 Å². The minimum atomic E-state index is -3.77. The molecule has 0 unspecified atom stereocenters. The highest BCUT2D eigenvalue weighted by Gasteiger charge is 2.31. The van der Waals surface area contributed by atoms with Gasteiger partial charge >= 0.3 is 6.09 Å². The van der Waals surface area contributed by atoms with Crippen LogP contribution in [0.2, 0.25) is 0 Å². The molecular formula is C17H23N3O5S. The zero-order valence-corrected chi connectivity index (χ0v) is 15.8. The second-order valence-corrected chi connectivity index (χ2v) is 9.05. The van der Waals surface area contributed by atoms with Gasteiger partial charge < -0.3 is 15.2 Å². The quantitative estimate of drug-likeness (QED) is 0.826. The van der Waals surface area contributed by atoms with Gasteiger partial charge in [0.25, 0.3) is 0 Å². The number of phenols is 1. The smallest absolute Gasteiger partial charge is 0.407 e. The average Bonchev–Trinajstić information content (AvgIpc) is 2.53. The summed E-state index contributed by atoms with van der Waals surface area (Å²) in [7, 11) is -3.77. The van der Waals surface area contributed by atoms with Crippen LogP contribution in [-0.4, -0.2) is 48.7 Å². The lowest BCUT2D eigenvalue weighted by molar-refractivity contribution is 0.0489. The maximum Gasteiger partial charge on any atom is 0.407 e. The number of ether oxygens (including phenoxy) is 1. The first kappa shape index (κ1) is 20.0. The molecule has 0 bridgehead atoms. The van der Waals surface area contributed by atoms with Crippen LogP contribution in [0.4, 0.5) is 4.79 Å². The lowest BCUT2D eigenvalue weighted by atomic mass is 10.1. The van der Waals surface area contributed by atoms with E-state index in [2.05, 4.69) is 5.32 Å². The SMILES string of the molecule is CC(C)(C)OC(=O)NC1CCN(S(=O)(=O)c2ccc(C#N)c(O)c2)CC1. The molecule has 9 heteroatoms. The van der Waals surface area contributed by atoms with E-state index in [-0.39, 0.29) is 35.3 Å². The number of phenolic OH excluding ortho intramolecular Hbond substituents is 1. The monoisotopic (exact) mass is 381 g/mol. The summed E-state index contributed by atoms with van der Waals surface area (Å²) in [4.78, 5) is 11.7. The molecule has 0 aliphatic carbocycles. The number of carbonyl (C=O) groups is 1. The van der Waals surface area contributed by atoms with Gasteiger partial charge in [0.2, 0.25) is 10.0 Å². The summed E-state index contributed by atoms with van der Waals surface area (Å²) in [5, 5.41) is 21.3. The van der Waals surface area contributed by atoms with Gasteiger partial charge in [-0.25, -0.2) is 13.2 Å². The highest BCUT2D eigenvalue weighted by Crippen LogP contribution is 2.25. The molecule has 1 heterocycles. The largest absolute Gasteiger partial charge is 0.507 e. The van der Waals surface area contributed by atoms with Gasteiger partial charge in [-0.3, -0.25) is 0 Å². The Balaban J connectivity index is 1.99. The molecule has 8 nitrogen and oxygen atoms in total. The lowest BCUT2D eigenvalue weighted by Crippen LogP contribution is -2.47. The van der Waals surface area contributed by atoms with E-state index in [4.69, 9.17) is 10.00 Å². The van der Waals surface area contributed by atoms with Gasteiger partial charge in [-0.1, -0.05) is 0 Å². The summed E-state index contributed by atoms with van der Waals surface area (Å²) in [5.41, 5.74) is -0.574. The first-order valence-corrected chi connectivity index (χ1v) is 9.70. The summed E-state index contributed by atoms with van der Waals surface area (Å²) in [6, 6.07) is 5.28. The summed E-state index contributed by atoms with van der Waals surface area (Å²) in [5.74, 6) is -0.366. The van der Waals surface area contributed by atoms with Crippen LogP contribution in [-0.2, 0) is 14.8 Å². The fourth-order valence-electron chi connectivity index (χ4n) is 2.63. The normalized spacial score (nSPS) is 16.7. The Labute approximate surface area is 153 Å². The number of aromatic hydroxyl groups is 1. The Morgan fingerprint density at radius 2 is 1.96 bits per heavy atom. The summed E-state index contributed by atoms with van der Waals surface area (Å²) >= 11 is 0. The lowest BCUT2D eigenvalue weighted by Gasteiger charge is -2.32. The van der Waals surface area contributed by atoms with E-state index in [1.165, 1.54) is 16.4 Å². The number of nitrogens with one attached hydrogen (secondary N) is 1. The minimum absolute atomic E-state index is 0.0178. The molecule has 1 aromatic rings. The molecule has 26 heavy (non-hydrogen) atoms. The van der Waals surface area contributed by atoms with Crippen molar-refractivity contribution >= 4 is 16.1 Å². The van der Waals surface area contributed by atoms with E-state index in [1.54, 1.807) is 26.8 Å². The first-order chi connectivity index (χ1) is 12.0. The standard InChI is InChI=1S/C17H23N3O5S/c1-17(2,3)25-16(22)19-13-6-8-20(9-7-13)26(23,24)14-5-4-12(11-18)15(21)10-14/h4-5,10,13,21H,6-9H2,1-3H3,(H,19,22). The number of sulfonamides is 1. The van der Waals surface area contributed by atoms with Crippen molar-refractivity contribution in [3.05, 3.63) is 23.8 Å². The van der Waals surface area contributed by atoms with Gasteiger partial charge in [-0.2, -0.15) is 9.57 Å². The molecule has 0 spiro atoms. The van der Waals surface area contributed by atoms with Crippen LogP contribution < -0.4 is 5.32 Å². The van der Waals surface area contributed by atoms with E-state index in [9.17, 15) is 18.3 Å². The van der Waals surface area contributed by atoms with Gasteiger partial charge in [-0.05, 0) is 45.7 Å². The third kappa shape index (κ3) is 4.86. The molecular weight excluding hydrogens is 358 g/mol. The number of hydrogen-bond donors (Lipinski definition) is 2. The number of carbonyl (C=O) groups excluding carboxylic acids is 1. The van der Waals surface area contributed by atoms with Crippen LogP contribution >= 0.6 is 0 Å². The highest BCUT2D eigenvalue weighted by molar-refractivity contribution is 7.89. The number of amides is 1. The van der Waals surface area contributed by atoms with Crippen molar-refractivity contribution in [3.63, 3.8) is 0 Å². The van der Waals surface area contributed by atoms with Gasteiger partial charge in [-0.15, -0.1) is 0 Å². The van der Waals surface area contributed by atoms with Crippen molar-refractivity contribution in [2.24, 2.45) is 0 Å². The third-order valence-electron chi connectivity index (χ3n) is 3.90. The van der Waals surface area contributed by atoms with Crippen molar-refractivity contribution in [1.29, 1.82) is 5.26 Å². The zero-order chi connectivity index (χ0) is 19.5.